The number of anilines is 1. The summed E-state index contributed by atoms with van der Waals surface area (Å²) in [6.45, 7) is 4.58. The minimum absolute atomic E-state index is 0.646. The van der Waals surface area contributed by atoms with Gasteiger partial charge in [-0.05, 0) is 36.7 Å². The standard InChI is InChI=1S/C15H20ClN3O/c1-3-6-17-9-12-8-14(16)15(18-10-12)19(2)11-13-5-4-7-20-13/h4-5,7-8,10,17H,3,6,9,11H2,1-2H3. The second-order valence-corrected chi connectivity index (χ2v) is 5.17. The van der Waals surface area contributed by atoms with Crippen LogP contribution in [0.15, 0.2) is 35.1 Å². The van der Waals surface area contributed by atoms with Gasteiger partial charge in [-0.25, -0.2) is 4.98 Å². The topological polar surface area (TPSA) is 41.3 Å². The molecule has 0 aliphatic rings. The number of hydrogen-bond acceptors (Lipinski definition) is 4. The van der Waals surface area contributed by atoms with Crippen LogP contribution in [0.25, 0.3) is 0 Å². The summed E-state index contributed by atoms with van der Waals surface area (Å²) in [4.78, 5) is 6.43. The van der Waals surface area contributed by atoms with Crippen LogP contribution in [0.5, 0.6) is 0 Å². The number of rotatable bonds is 7. The van der Waals surface area contributed by atoms with Crippen molar-refractivity contribution in [2.45, 2.75) is 26.4 Å². The first kappa shape index (κ1) is 14.9. The van der Waals surface area contributed by atoms with E-state index in [4.69, 9.17) is 16.0 Å². The van der Waals surface area contributed by atoms with E-state index in [0.717, 1.165) is 36.7 Å². The zero-order valence-corrected chi connectivity index (χ0v) is 12.7. The lowest BCUT2D eigenvalue weighted by Crippen LogP contribution is -2.18. The second kappa shape index (κ2) is 7.31. The zero-order chi connectivity index (χ0) is 14.4. The van der Waals surface area contributed by atoms with Crippen molar-refractivity contribution < 1.29 is 4.42 Å². The van der Waals surface area contributed by atoms with Crippen LogP contribution in [0.2, 0.25) is 5.02 Å². The van der Waals surface area contributed by atoms with Gasteiger partial charge < -0.3 is 14.6 Å². The highest BCUT2D eigenvalue weighted by molar-refractivity contribution is 6.33. The van der Waals surface area contributed by atoms with E-state index in [-0.39, 0.29) is 0 Å². The van der Waals surface area contributed by atoms with Gasteiger partial charge in [-0.1, -0.05) is 18.5 Å². The average molecular weight is 294 g/mol. The van der Waals surface area contributed by atoms with E-state index in [2.05, 4.69) is 17.2 Å². The maximum absolute atomic E-state index is 6.31. The van der Waals surface area contributed by atoms with Crippen LogP contribution in [0.1, 0.15) is 24.7 Å². The summed E-state index contributed by atoms with van der Waals surface area (Å²) >= 11 is 6.31. The molecular weight excluding hydrogens is 274 g/mol. The molecule has 0 aliphatic carbocycles. The van der Waals surface area contributed by atoms with Crippen LogP contribution in [0, 0.1) is 0 Å². The van der Waals surface area contributed by atoms with Crippen LogP contribution < -0.4 is 10.2 Å². The summed E-state index contributed by atoms with van der Waals surface area (Å²) in [5.74, 6) is 1.65. The van der Waals surface area contributed by atoms with Gasteiger partial charge in [0.1, 0.15) is 11.6 Å². The minimum atomic E-state index is 0.646. The third kappa shape index (κ3) is 3.99. The molecule has 0 fully saturated rings. The van der Waals surface area contributed by atoms with Crippen molar-refractivity contribution in [3.05, 3.63) is 47.0 Å². The largest absolute Gasteiger partial charge is 0.467 e. The van der Waals surface area contributed by atoms with Crippen LogP contribution in [-0.4, -0.2) is 18.6 Å². The third-order valence-electron chi connectivity index (χ3n) is 2.97. The molecule has 108 valence electrons. The predicted molar refractivity (Wildman–Crippen MR) is 82.1 cm³/mol. The summed E-state index contributed by atoms with van der Waals surface area (Å²) in [6.07, 6.45) is 4.65. The van der Waals surface area contributed by atoms with Crippen molar-refractivity contribution in [1.29, 1.82) is 0 Å². The van der Waals surface area contributed by atoms with Crippen LogP contribution in [-0.2, 0) is 13.1 Å². The molecule has 2 aromatic rings. The van der Waals surface area contributed by atoms with Gasteiger partial charge in [0.05, 0.1) is 17.8 Å². The molecular formula is C15H20ClN3O. The van der Waals surface area contributed by atoms with Gasteiger partial charge in [-0.3, -0.25) is 0 Å². The highest BCUT2D eigenvalue weighted by Gasteiger charge is 2.10. The molecule has 0 radical (unpaired) electrons. The maximum Gasteiger partial charge on any atom is 0.147 e. The molecule has 1 N–H and O–H groups in total. The van der Waals surface area contributed by atoms with Gasteiger partial charge in [-0.15, -0.1) is 0 Å². The molecule has 20 heavy (non-hydrogen) atoms. The first-order valence-electron chi connectivity index (χ1n) is 6.79. The summed E-state index contributed by atoms with van der Waals surface area (Å²) in [7, 11) is 1.95. The predicted octanol–water partition coefficient (Wildman–Crippen LogP) is 3.46. The van der Waals surface area contributed by atoms with E-state index >= 15 is 0 Å². The third-order valence-corrected chi connectivity index (χ3v) is 3.25. The molecule has 0 aliphatic heterocycles. The van der Waals surface area contributed by atoms with Gasteiger partial charge >= 0.3 is 0 Å². The Labute approximate surface area is 124 Å². The number of pyridine rings is 1. The van der Waals surface area contributed by atoms with Crippen molar-refractivity contribution in [2.24, 2.45) is 0 Å². The van der Waals surface area contributed by atoms with Gasteiger partial charge in [0.15, 0.2) is 0 Å². The second-order valence-electron chi connectivity index (χ2n) is 4.76. The quantitative estimate of drug-likeness (QED) is 0.794. The molecule has 2 rings (SSSR count). The Morgan fingerprint density at radius 2 is 2.30 bits per heavy atom. The zero-order valence-electron chi connectivity index (χ0n) is 11.9. The monoisotopic (exact) mass is 293 g/mol. The number of hydrogen-bond donors (Lipinski definition) is 1. The van der Waals surface area contributed by atoms with Crippen LogP contribution >= 0.6 is 11.6 Å². The molecule has 5 heteroatoms. The molecule has 4 nitrogen and oxygen atoms in total. The lowest BCUT2D eigenvalue weighted by molar-refractivity contribution is 0.507. The normalized spacial score (nSPS) is 10.8. The summed E-state index contributed by atoms with van der Waals surface area (Å²) in [5.41, 5.74) is 1.10. The summed E-state index contributed by atoms with van der Waals surface area (Å²) in [5, 5.41) is 4.00. The Balaban J connectivity index is 2.01. The number of furan rings is 1. The van der Waals surface area contributed by atoms with Crippen molar-refractivity contribution in [3.8, 4) is 0 Å². The number of nitrogens with zero attached hydrogens (tertiary/aromatic N) is 2. The molecule has 0 aromatic carbocycles. The molecule has 0 bridgehead atoms. The fourth-order valence-corrected chi connectivity index (χ4v) is 2.30. The van der Waals surface area contributed by atoms with Crippen LogP contribution in [0.3, 0.4) is 0 Å². The molecule has 2 heterocycles. The van der Waals surface area contributed by atoms with Crippen LogP contribution in [0.4, 0.5) is 5.82 Å². The smallest absolute Gasteiger partial charge is 0.147 e. The Hall–Kier alpha value is -1.52. The molecule has 0 atom stereocenters. The van der Waals surface area contributed by atoms with Crippen molar-refractivity contribution >= 4 is 17.4 Å². The van der Waals surface area contributed by atoms with Gasteiger partial charge in [0, 0.05) is 19.8 Å². The lowest BCUT2D eigenvalue weighted by Gasteiger charge is -2.18. The van der Waals surface area contributed by atoms with E-state index in [1.165, 1.54) is 0 Å². The number of aromatic nitrogens is 1. The number of nitrogens with one attached hydrogen (secondary N) is 1. The molecule has 2 aromatic heterocycles. The Bertz CT molecular complexity index is 528. The fraction of sp³-hybridized carbons (Fsp3) is 0.400. The minimum Gasteiger partial charge on any atom is -0.467 e. The number of halogens is 1. The SMILES string of the molecule is CCCNCc1cnc(N(C)Cc2ccco2)c(Cl)c1. The summed E-state index contributed by atoms with van der Waals surface area (Å²) < 4.78 is 5.33. The molecule has 0 amide bonds. The highest BCUT2D eigenvalue weighted by atomic mass is 35.5. The highest BCUT2D eigenvalue weighted by Crippen LogP contribution is 2.24. The Morgan fingerprint density at radius 3 is 2.95 bits per heavy atom. The molecule has 0 saturated heterocycles. The van der Waals surface area contributed by atoms with E-state index in [1.54, 1.807) is 6.26 Å². The van der Waals surface area contributed by atoms with Crippen molar-refractivity contribution in [3.63, 3.8) is 0 Å². The van der Waals surface area contributed by atoms with Gasteiger partial charge in [0.2, 0.25) is 0 Å². The summed E-state index contributed by atoms with van der Waals surface area (Å²) in [6, 6.07) is 5.78. The van der Waals surface area contributed by atoms with Gasteiger partial charge in [-0.2, -0.15) is 0 Å². The van der Waals surface area contributed by atoms with Gasteiger partial charge in [0.25, 0.3) is 0 Å². The molecule has 0 spiro atoms. The average Bonchev–Trinajstić information content (AvgIpc) is 2.92. The Kier molecular flexibility index (Phi) is 5.44. The first-order chi connectivity index (χ1) is 9.70. The van der Waals surface area contributed by atoms with Crippen molar-refractivity contribution in [1.82, 2.24) is 10.3 Å². The van der Waals surface area contributed by atoms with Crippen molar-refractivity contribution in [2.75, 3.05) is 18.5 Å². The van der Waals surface area contributed by atoms with E-state index in [9.17, 15) is 0 Å². The van der Waals surface area contributed by atoms with E-state index < -0.39 is 0 Å². The Morgan fingerprint density at radius 1 is 1.45 bits per heavy atom. The fourth-order valence-electron chi connectivity index (χ4n) is 1.97. The van der Waals surface area contributed by atoms with E-state index in [1.807, 2.05) is 36.3 Å². The van der Waals surface area contributed by atoms with E-state index in [0.29, 0.717) is 11.6 Å². The maximum atomic E-state index is 6.31. The lowest BCUT2D eigenvalue weighted by atomic mass is 10.2. The first-order valence-corrected chi connectivity index (χ1v) is 7.17. The molecule has 0 unspecified atom stereocenters. The molecule has 0 saturated carbocycles.